The van der Waals surface area contributed by atoms with Crippen molar-refractivity contribution in [3.8, 4) is 0 Å². The molecule has 1 unspecified atom stereocenters. The van der Waals surface area contributed by atoms with Crippen LogP contribution in [-0.2, 0) is 14.3 Å². The van der Waals surface area contributed by atoms with Crippen molar-refractivity contribution in [2.75, 3.05) is 25.3 Å². The normalized spacial score (nSPS) is 17.1. The van der Waals surface area contributed by atoms with Crippen molar-refractivity contribution in [1.29, 1.82) is 0 Å². The number of anilines is 1. The molecule has 26 heavy (non-hydrogen) atoms. The van der Waals surface area contributed by atoms with Gasteiger partial charge in [0.15, 0.2) is 0 Å². The highest BCUT2D eigenvalue weighted by molar-refractivity contribution is 6.39. The number of amidine groups is 1. The first-order valence-corrected chi connectivity index (χ1v) is 9.06. The summed E-state index contributed by atoms with van der Waals surface area (Å²) in [5.74, 6) is -0.223. The second-order valence-corrected chi connectivity index (χ2v) is 6.24. The van der Waals surface area contributed by atoms with Crippen LogP contribution in [0.1, 0.15) is 33.6 Å². The molecule has 1 N–H and O–H groups in total. The summed E-state index contributed by atoms with van der Waals surface area (Å²) in [5, 5.41) is 1.40. The van der Waals surface area contributed by atoms with Gasteiger partial charge in [-0.2, -0.15) is 0 Å². The maximum absolute atomic E-state index is 13.1. The van der Waals surface area contributed by atoms with E-state index >= 15 is 0 Å². The van der Waals surface area contributed by atoms with Gasteiger partial charge in [0, 0.05) is 19.7 Å². The Bertz CT molecular complexity index is 643. The number of para-hydroxylation sites is 1. The van der Waals surface area contributed by atoms with Gasteiger partial charge in [-0.05, 0) is 31.9 Å². The van der Waals surface area contributed by atoms with Crippen LogP contribution in [0, 0.1) is 0 Å². The minimum absolute atomic E-state index is 0.0975. The van der Waals surface area contributed by atoms with Gasteiger partial charge in [0.25, 0.3) is 11.8 Å². The van der Waals surface area contributed by atoms with Crippen LogP contribution in [0.2, 0.25) is 0 Å². The Labute approximate surface area is 155 Å². The molecule has 0 radical (unpaired) electrons. The van der Waals surface area contributed by atoms with Gasteiger partial charge >= 0.3 is 0 Å². The Kier molecular flexibility index (Phi) is 7.15. The van der Waals surface area contributed by atoms with Crippen molar-refractivity contribution in [2.24, 2.45) is 4.99 Å². The van der Waals surface area contributed by atoms with Crippen molar-refractivity contribution in [2.45, 2.75) is 45.7 Å². The zero-order valence-electron chi connectivity index (χ0n) is 15.9. The van der Waals surface area contributed by atoms with Crippen molar-refractivity contribution in [1.82, 2.24) is 10.3 Å². The number of nitrogens with one attached hydrogen (secondary N) is 1. The van der Waals surface area contributed by atoms with Crippen LogP contribution >= 0.6 is 0 Å². The van der Waals surface area contributed by atoms with Crippen LogP contribution in [0.3, 0.4) is 0 Å². The van der Waals surface area contributed by atoms with E-state index in [0.717, 1.165) is 12.8 Å². The number of nitrogens with zero attached hydrogens (tertiary/aromatic N) is 3. The third-order valence-corrected chi connectivity index (χ3v) is 4.52. The fourth-order valence-electron chi connectivity index (χ4n) is 3.00. The molecule has 0 fully saturated rings. The van der Waals surface area contributed by atoms with E-state index in [0.29, 0.717) is 18.8 Å². The molecule has 1 atom stereocenters. The second kappa shape index (κ2) is 9.33. The van der Waals surface area contributed by atoms with Gasteiger partial charge in [-0.15, -0.1) is 0 Å². The number of aliphatic imine (C=N–C) groups is 1. The van der Waals surface area contributed by atoms with Crippen molar-refractivity contribution in [3.63, 3.8) is 0 Å². The van der Waals surface area contributed by atoms with Crippen molar-refractivity contribution in [3.05, 3.63) is 30.3 Å². The summed E-state index contributed by atoms with van der Waals surface area (Å²) in [7, 11) is 1.61. The molecule has 1 heterocycles. The van der Waals surface area contributed by atoms with E-state index in [2.05, 4.69) is 24.3 Å². The number of amides is 2. The first-order valence-electron chi connectivity index (χ1n) is 9.06. The highest BCUT2D eigenvalue weighted by Crippen LogP contribution is 2.17. The van der Waals surface area contributed by atoms with E-state index in [1.807, 2.05) is 30.3 Å². The molecule has 7 nitrogen and oxygen atoms in total. The third-order valence-electron chi connectivity index (χ3n) is 4.52. The molecule has 0 saturated heterocycles. The molecular formula is C19H28N4O3. The smallest absolute Gasteiger partial charge is 0.291 e. The maximum Gasteiger partial charge on any atom is 0.291 e. The van der Waals surface area contributed by atoms with Gasteiger partial charge in [0.2, 0.25) is 5.84 Å². The number of carbonyl (C=O) groups is 2. The molecule has 1 aromatic carbocycles. The van der Waals surface area contributed by atoms with Gasteiger partial charge in [0.05, 0.1) is 12.3 Å². The Morgan fingerprint density at radius 2 is 1.96 bits per heavy atom. The summed E-state index contributed by atoms with van der Waals surface area (Å²) in [6.07, 6.45) is 1.69. The lowest BCUT2D eigenvalue weighted by Crippen LogP contribution is -2.59. The first-order chi connectivity index (χ1) is 12.5. The van der Waals surface area contributed by atoms with E-state index in [9.17, 15) is 9.59 Å². The van der Waals surface area contributed by atoms with Gasteiger partial charge in [-0.1, -0.05) is 32.0 Å². The maximum atomic E-state index is 13.1. The van der Waals surface area contributed by atoms with Gasteiger partial charge in [-0.3, -0.25) is 15.0 Å². The standard InChI is InChI=1S/C19H28N4O3/c1-5-15(6-2)22(12-13-26-4)19(25)17-20-14(3)18(24)23(21-17)16-10-8-7-9-11-16/h7-11,14-15H,5-6,12-13H2,1-4H3,(H,20,21). The van der Waals surface area contributed by atoms with Crippen LogP contribution in [0.5, 0.6) is 0 Å². The summed E-state index contributed by atoms with van der Waals surface area (Å²) in [5.41, 5.74) is 3.59. The molecule has 7 heteroatoms. The summed E-state index contributed by atoms with van der Waals surface area (Å²) >= 11 is 0. The highest BCUT2D eigenvalue weighted by atomic mass is 16.5. The van der Waals surface area contributed by atoms with Crippen LogP contribution < -0.4 is 10.4 Å². The average Bonchev–Trinajstić information content (AvgIpc) is 2.67. The zero-order chi connectivity index (χ0) is 19.1. The quantitative estimate of drug-likeness (QED) is 0.769. The summed E-state index contributed by atoms with van der Waals surface area (Å²) in [6, 6.07) is 8.67. The van der Waals surface area contributed by atoms with E-state index in [-0.39, 0.29) is 23.7 Å². The molecular weight excluding hydrogens is 332 g/mol. The molecule has 0 saturated carbocycles. The summed E-state index contributed by atoms with van der Waals surface area (Å²) < 4.78 is 5.16. The topological polar surface area (TPSA) is 74.2 Å². The molecule has 0 spiro atoms. The number of methoxy groups -OCH3 is 1. The van der Waals surface area contributed by atoms with Gasteiger partial charge in [0.1, 0.15) is 6.04 Å². The molecule has 1 aliphatic heterocycles. The lowest BCUT2D eigenvalue weighted by molar-refractivity contribution is -0.127. The predicted molar refractivity (Wildman–Crippen MR) is 102 cm³/mol. The summed E-state index contributed by atoms with van der Waals surface area (Å²) in [6.45, 7) is 6.74. The molecule has 1 aromatic rings. The Morgan fingerprint density at radius 1 is 1.31 bits per heavy atom. The van der Waals surface area contributed by atoms with Crippen molar-refractivity contribution >= 4 is 23.3 Å². The highest BCUT2D eigenvalue weighted by Gasteiger charge is 2.33. The van der Waals surface area contributed by atoms with E-state index < -0.39 is 6.04 Å². The number of hydrogen-bond donors (Lipinski definition) is 1. The Hall–Kier alpha value is -2.41. The molecule has 2 amide bonds. The largest absolute Gasteiger partial charge is 0.383 e. The third kappa shape index (κ3) is 4.40. The zero-order valence-corrected chi connectivity index (χ0v) is 15.9. The minimum atomic E-state index is -0.624. The van der Waals surface area contributed by atoms with Crippen LogP contribution in [0.4, 0.5) is 5.69 Å². The fourth-order valence-corrected chi connectivity index (χ4v) is 3.00. The number of benzene rings is 1. The van der Waals surface area contributed by atoms with Crippen LogP contribution in [-0.4, -0.2) is 54.9 Å². The molecule has 0 aliphatic carbocycles. The SMILES string of the molecule is CCC(CC)N(CCOC)C(=O)C1=NC(C)C(=O)N(c2ccccc2)N1. The second-order valence-electron chi connectivity index (χ2n) is 6.24. The monoisotopic (exact) mass is 360 g/mol. The van der Waals surface area contributed by atoms with E-state index in [4.69, 9.17) is 4.74 Å². The minimum Gasteiger partial charge on any atom is -0.383 e. The molecule has 0 bridgehead atoms. The number of carbonyl (C=O) groups excluding carboxylic acids is 2. The van der Waals surface area contributed by atoms with Gasteiger partial charge < -0.3 is 9.64 Å². The van der Waals surface area contributed by atoms with Gasteiger partial charge in [-0.25, -0.2) is 10.0 Å². The molecule has 1 aliphatic rings. The fraction of sp³-hybridized carbons (Fsp3) is 0.526. The number of ether oxygens (including phenoxy) is 1. The molecule has 142 valence electrons. The lowest BCUT2D eigenvalue weighted by atomic mass is 10.1. The molecule has 0 aromatic heterocycles. The first kappa shape index (κ1) is 19.9. The van der Waals surface area contributed by atoms with E-state index in [1.165, 1.54) is 5.01 Å². The number of hydrogen-bond acceptors (Lipinski definition) is 5. The van der Waals surface area contributed by atoms with Crippen LogP contribution in [0.25, 0.3) is 0 Å². The van der Waals surface area contributed by atoms with Crippen molar-refractivity contribution < 1.29 is 14.3 Å². The summed E-state index contributed by atoms with van der Waals surface area (Å²) in [4.78, 5) is 31.7. The van der Waals surface area contributed by atoms with E-state index in [1.54, 1.807) is 18.9 Å². The predicted octanol–water partition coefficient (Wildman–Crippen LogP) is 1.99. The lowest BCUT2D eigenvalue weighted by Gasteiger charge is -2.35. The van der Waals surface area contributed by atoms with Crippen LogP contribution in [0.15, 0.2) is 35.3 Å². The molecule has 2 rings (SSSR count). The Balaban J connectivity index is 2.27. The number of hydrazine groups is 1. The number of rotatable bonds is 8. The Morgan fingerprint density at radius 3 is 2.54 bits per heavy atom. The average molecular weight is 360 g/mol.